The lowest BCUT2D eigenvalue weighted by molar-refractivity contribution is -0.926. The molecule has 1 aliphatic rings. The summed E-state index contributed by atoms with van der Waals surface area (Å²) in [6.07, 6.45) is 0. The van der Waals surface area contributed by atoms with Gasteiger partial charge >= 0.3 is 0 Å². The Hall–Kier alpha value is -2.36. The molecule has 0 saturated carbocycles. The van der Waals surface area contributed by atoms with Crippen molar-refractivity contribution in [3.05, 3.63) is 79.9 Å². The highest BCUT2D eigenvalue weighted by atomic mass is 79.9. The van der Waals surface area contributed by atoms with E-state index in [9.17, 15) is 20.2 Å². The maximum absolute atomic E-state index is 11.0. The van der Waals surface area contributed by atoms with E-state index in [1.54, 1.807) is 24.3 Å². The normalized spacial score (nSPS) is 16.2. The summed E-state index contributed by atoms with van der Waals surface area (Å²) < 4.78 is 0.826. The van der Waals surface area contributed by atoms with Gasteiger partial charge < -0.3 is 21.5 Å². The molecular formula is C19H23BrN4O4. The molecule has 0 atom stereocenters. The molecule has 3 rings (SSSR count). The Labute approximate surface area is 174 Å². The highest BCUT2D eigenvalue weighted by molar-refractivity contribution is 5.34. The van der Waals surface area contributed by atoms with Crippen LogP contribution in [0.15, 0.2) is 48.5 Å². The van der Waals surface area contributed by atoms with Crippen LogP contribution in [-0.4, -0.2) is 52.5 Å². The Balaban J connectivity index is 0.00000280. The number of nitro benzene ring substituents is 2. The summed E-state index contributed by atoms with van der Waals surface area (Å²) in [6.45, 7) is 5.07. The van der Waals surface area contributed by atoms with Crippen LogP contribution in [0.3, 0.4) is 0 Å². The second-order valence-electron chi connectivity index (χ2n) is 7.36. The Bertz CT molecular complexity index is 853. The molecule has 1 fully saturated rings. The molecule has 0 unspecified atom stereocenters. The van der Waals surface area contributed by atoms with Crippen molar-refractivity contribution >= 4 is 11.4 Å². The van der Waals surface area contributed by atoms with Crippen LogP contribution in [0.25, 0.3) is 0 Å². The summed E-state index contributed by atoms with van der Waals surface area (Å²) in [5.74, 6) is 0. The van der Waals surface area contributed by atoms with Gasteiger partial charge in [-0.25, -0.2) is 0 Å². The quantitative estimate of drug-likeness (QED) is 0.350. The molecule has 1 aliphatic heterocycles. The lowest BCUT2D eigenvalue weighted by Gasteiger charge is -2.42. The van der Waals surface area contributed by atoms with Crippen LogP contribution in [0.2, 0.25) is 0 Å². The van der Waals surface area contributed by atoms with Crippen molar-refractivity contribution in [3.8, 4) is 0 Å². The van der Waals surface area contributed by atoms with Gasteiger partial charge in [-0.3, -0.25) is 25.1 Å². The fraction of sp³-hybridized carbons (Fsp3) is 0.368. The lowest BCUT2D eigenvalue weighted by atomic mass is 10.1. The maximum atomic E-state index is 11.0. The number of nitrogens with zero attached hydrogens (tertiary/aromatic N) is 4. The largest absolute Gasteiger partial charge is 1.00 e. The first-order valence-corrected chi connectivity index (χ1v) is 8.87. The van der Waals surface area contributed by atoms with Gasteiger partial charge in [0.05, 0.1) is 30.0 Å². The predicted molar refractivity (Wildman–Crippen MR) is 101 cm³/mol. The van der Waals surface area contributed by atoms with E-state index >= 15 is 0 Å². The summed E-state index contributed by atoms with van der Waals surface area (Å²) in [4.78, 5) is 23.4. The van der Waals surface area contributed by atoms with Gasteiger partial charge in [0.2, 0.25) is 0 Å². The second kappa shape index (κ2) is 9.22. The summed E-state index contributed by atoms with van der Waals surface area (Å²) >= 11 is 0. The predicted octanol–water partition coefficient (Wildman–Crippen LogP) is -0.0306. The van der Waals surface area contributed by atoms with E-state index in [4.69, 9.17) is 0 Å². The van der Waals surface area contributed by atoms with E-state index in [1.165, 1.54) is 12.1 Å². The van der Waals surface area contributed by atoms with E-state index in [0.29, 0.717) is 6.54 Å². The van der Waals surface area contributed by atoms with Crippen LogP contribution in [0.4, 0.5) is 11.4 Å². The zero-order valence-corrected chi connectivity index (χ0v) is 17.2. The lowest BCUT2D eigenvalue weighted by Crippen LogP contribution is -3.00. The number of hydrogen-bond donors (Lipinski definition) is 0. The standard InChI is InChI=1S/C19H23N4O4.BrH/c1-23(15-17-5-3-7-19(13-17)22(26)27)10-8-20(9-11-23)14-16-4-2-6-18(12-16)21(24)25;/h2-7,12-13H,8-11,14-15H2,1H3;1H/q+1;/p-1. The SMILES string of the molecule is C[N+]1(Cc2cccc([N+](=O)[O-])c2)CCN(Cc2cccc([N+](=O)[O-])c2)CC1.[Br-]. The summed E-state index contributed by atoms with van der Waals surface area (Å²) in [6, 6.07) is 13.6. The molecule has 8 nitrogen and oxygen atoms in total. The number of nitro groups is 2. The Morgan fingerprint density at radius 1 is 0.929 bits per heavy atom. The summed E-state index contributed by atoms with van der Waals surface area (Å²) in [5, 5.41) is 21.9. The van der Waals surface area contributed by atoms with Crippen LogP contribution in [0.1, 0.15) is 11.1 Å². The van der Waals surface area contributed by atoms with Crippen LogP contribution < -0.4 is 17.0 Å². The zero-order valence-electron chi connectivity index (χ0n) is 15.7. The number of piperazine rings is 1. The third-order valence-corrected chi connectivity index (χ3v) is 5.13. The number of halogens is 1. The van der Waals surface area contributed by atoms with Crippen molar-refractivity contribution in [2.45, 2.75) is 13.1 Å². The fourth-order valence-electron chi connectivity index (χ4n) is 3.54. The van der Waals surface area contributed by atoms with E-state index < -0.39 is 0 Å². The summed E-state index contributed by atoms with van der Waals surface area (Å²) in [7, 11) is 2.17. The first-order valence-electron chi connectivity index (χ1n) is 8.87. The van der Waals surface area contributed by atoms with E-state index in [-0.39, 0.29) is 38.2 Å². The van der Waals surface area contributed by atoms with Crippen molar-refractivity contribution in [1.29, 1.82) is 0 Å². The van der Waals surface area contributed by atoms with Gasteiger partial charge in [-0.1, -0.05) is 24.3 Å². The smallest absolute Gasteiger partial charge is 0.269 e. The Morgan fingerprint density at radius 3 is 1.96 bits per heavy atom. The first kappa shape index (κ1) is 21.9. The third-order valence-electron chi connectivity index (χ3n) is 5.13. The van der Waals surface area contributed by atoms with Crippen molar-refractivity contribution in [2.75, 3.05) is 33.2 Å². The monoisotopic (exact) mass is 450 g/mol. The van der Waals surface area contributed by atoms with Crippen molar-refractivity contribution in [3.63, 3.8) is 0 Å². The molecule has 0 N–H and O–H groups in total. The molecule has 2 aromatic rings. The molecule has 1 heterocycles. The average molecular weight is 451 g/mol. The minimum Gasteiger partial charge on any atom is -1.00 e. The van der Waals surface area contributed by atoms with Gasteiger partial charge in [-0.2, -0.15) is 0 Å². The molecular weight excluding hydrogens is 428 g/mol. The Morgan fingerprint density at radius 2 is 1.43 bits per heavy atom. The number of likely N-dealkylation sites (N-methyl/N-ethyl adjacent to an activating group) is 1. The van der Waals surface area contributed by atoms with E-state index in [0.717, 1.165) is 48.3 Å². The molecule has 0 aromatic heterocycles. The molecule has 0 aliphatic carbocycles. The number of rotatable bonds is 6. The number of non-ortho nitro benzene ring substituents is 2. The zero-order chi connectivity index (χ0) is 19.4. The molecule has 150 valence electrons. The van der Waals surface area contributed by atoms with Gasteiger partial charge in [0.1, 0.15) is 6.54 Å². The minimum absolute atomic E-state index is 0. The average Bonchev–Trinajstić information content (AvgIpc) is 2.64. The molecule has 1 saturated heterocycles. The van der Waals surface area contributed by atoms with Crippen LogP contribution in [0.5, 0.6) is 0 Å². The fourth-order valence-corrected chi connectivity index (χ4v) is 3.54. The highest BCUT2D eigenvalue weighted by Crippen LogP contribution is 2.21. The van der Waals surface area contributed by atoms with Gasteiger partial charge in [-0.05, 0) is 5.56 Å². The van der Waals surface area contributed by atoms with Crippen LogP contribution >= 0.6 is 0 Å². The molecule has 0 spiro atoms. The van der Waals surface area contributed by atoms with Crippen molar-refractivity contribution in [1.82, 2.24) is 4.90 Å². The van der Waals surface area contributed by atoms with Gasteiger partial charge in [-0.15, -0.1) is 0 Å². The number of quaternary nitrogens is 1. The summed E-state index contributed by atoms with van der Waals surface area (Å²) in [5.41, 5.74) is 2.16. The van der Waals surface area contributed by atoms with E-state index in [1.807, 2.05) is 12.1 Å². The van der Waals surface area contributed by atoms with Gasteiger partial charge in [0, 0.05) is 49.5 Å². The third kappa shape index (κ3) is 5.57. The number of hydrogen-bond acceptors (Lipinski definition) is 5. The second-order valence-corrected chi connectivity index (χ2v) is 7.36. The Kier molecular flexibility index (Phi) is 7.22. The van der Waals surface area contributed by atoms with Crippen molar-refractivity contribution in [2.24, 2.45) is 0 Å². The molecule has 28 heavy (non-hydrogen) atoms. The minimum atomic E-state index is -0.368. The van der Waals surface area contributed by atoms with E-state index in [2.05, 4.69) is 11.9 Å². The maximum Gasteiger partial charge on any atom is 0.269 e. The molecule has 0 bridgehead atoms. The highest BCUT2D eigenvalue weighted by Gasteiger charge is 2.29. The molecule has 2 aromatic carbocycles. The van der Waals surface area contributed by atoms with Crippen LogP contribution in [-0.2, 0) is 13.1 Å². The topological polar surface area (TPSA) is 89.5 Å². The van der Waals surface area contributed by atoms with Crippen LogP contribution in [0, 0.1) is 20.2 Å². The first-order chi connectivity index (χ1) is 12.8. The van der Waals surface area contributed by atoms with Gasteiger partial charge in [0.15, 0.2) is 0 Å². The molecule has 0 radical (unpaired) electrons. The molecule has 0 amide bonds. The van der Waals surface area contributed by atoms with Crippen molar-refractivity contribution < 1.29 is 31.3 Å². The van der Waals surface area contributed by atoms with Gasteiger partial charge in [0.25, 0.3) is 11.4 Å². The molecule has 9 heteroatoms. The number of benzene rings is 2.